The number of hydrogen-bond acceptors (Lipinski definition) is 2. The Morgan fingerprint density at radius 3 is 2.70 bits per heavy atom. The highest BCUT2D eigenvalue weighted by atomic mass is 35.5. The average Bonchev–Trinajstić information content (AvgIpc) is 2.03. The van der Waals surface area contributed by atoms with Crippen LogP contribution in [0.15, 0.2) is 24.5 Å². The van der Waals surface area contributed by atoms with E-state index < -0.39 is 0 Å². The minimum Gasteiger partial charge on any atom is -0.265 e. The summed E-state index contributed by atoms with van der Waals surface area (Å²) in [6.45, 7) is 0.797. The number of nitrogens with zero attached hydrogens (tertiary/aromatic N) is 1. The van der Waals surface area contributed by atoms with Crippen molar-refractivity contribution in [1.82, 2.24) is 9.82 Å². The van der Waals surface area contributed by atoms with E-state index in [1.807, 2.05) is 12.1 Å². The molecule has 0 aliphatic rings. The van der Waals surface area contributed by atoms with Gasteiger partial charge in [0.05, 0.1) is 0 Å². The van der Waals surface area contributed by atoms with Gasteiger partial charge in [-0.25, -0.2) is 4.84 Å². The second kappa shape index (κ2) is 4.25. The van der Waals surface area contributed by atoms with E-state index in [0.717, 1.165) is 13.0 Å². The number of rotatable bonds is 3. The van der Waals surface area contributed by atoms with Gasteiger partial charge in [0.1, 0.15) is 0 Å². The van der Waals surface area contributed by atoms with Gasteiger partial charge in [-0.2, -0.15) is 0 Å². The maximum Gasteiger partial charge on any atom is 0.0270 e. The first-order valence-electron chi connectivity index (χ1n) is 3.16. The van der Waals surface area contributed by atoms with E-state index in [9.17, 15) is 0 Å². The lowest BCUT2D eigenvalue weighted by molar-refractivity contribution is 0.896. The Hall–Kier alpha value is -0.600. The molecule has 0 radical (unpaired) electrons. The Bertz CT molecular complexity index is 176. The molecular formula is C7H9ClN2. The van der Waals surface area contributed by atoms with Gasteiger partial charge in [-0.3, -0.25) is 4.98 Å². The fraction of sp³-hybridized carbons (Fsp3) is 0.286. The van der Waals surface area contributed by atoms with Crippen molar-refractivity contribution in [2.24, 2.45) is 0 Å². The Morgan fingerprint density at radius 2 is 2.10 bits per heavy atom. The second-order valence-corrected chi connectivity index (χ2v) is 2.26. The van der Waals surface area contributed by atoms with Crippen molar-refractivity contribution >= 4 is 11.8 Å². The van der Waals surface area contributed by atoms with Gasteiger partial charge in [0, 0.05) is 18.9 Å². The molecule has 3 heteroatoms. The summed E-state index contributed by atoms with van der Waals surface area (Å²) in [5.74, 6) is 0. The van der Waals surface area contributed by atoms with Crippen LogP contribution in [-0.2, 0) is 6.42 Å². The molecule has 0 fully saturated rings. The lowest BCUT2D eigenvalue weighted by Crippen LogP contribution is -2.03. The number of hydrogen-bond donors (Lipinski definition) is 1. The summed E-state index contributed by atoms with van der Waals surface area (Å²) in [4.78, 5) is 6.47. The predicted octanol–water partition coefficient (Wildman–Crippen LogP) is 1.37. The summed E-state index contributed by atoms with van der Waals surface area (Å²) in [5.41, 5.74) is 1.25. The highest BCUT2D eigenvalue weighted by molar-refractivity contribution is 6.13. The van der Waals surface area contributed by atoms with E-state index in [4.69, 9.17) is 11.8 Å². The SMILES string of the molecule is ClNCCc1ccncc1. The van der Waals surface area contributed by atoms with Crippen molar-refractivity contribution in [3.63, 3.8) is 0 Å². The van der Waals surface area contributed by atoms with Crippen LogP contribution in [0.4, 0.5) is 0 Å². The van der Waals surface area contributed by atoms with Crippen LogP contribution in [0.5, 0.6) is 0 Å². The van der Waals surface area contributed by atoms with Crippen molar-refractivity contribution in [2.45, 2.75) is 6.42 Å². The molecule has 0 saturated carbocycles. The van der Waals surface area contributed by atoms with Crippen LogP contribution in [0.25, 0.3) is 0 Å². The van der Waals surface area contributed by atoms with Crippen molar-refractivity contribution in [1.29, 1.82) is 0 Å². The fourth-order valence-corrected chi connectivity index (χ4v) is 0.836. The van der Waals surface area contributed by atoms with Crippen molar-refractivity contribution < 1.29 is 0 Å². The molecule has 1 rings (SSSR count). The maximum absolute atomic E-state index is 5.29. The molecule has 1 heterocycles. The van der Waals surface area contributed by atoms with Crippen molar-refractivity contribution in [3.8, 4) is 0 Å². The van der Waals surface area contributed by atoms with E-state index in [0.29, 0.717) is 0 Å². The molecule has 1 N–H and O–H groups in total. The monoisotopic (exact) mass is 156 g/mol. The van der Waals surface area contributed by atoms with Gasteiger partial charge < -0.3 is 0 Å². The normalized spacial score (nSPS) is 9.70. The quantitative estimate of drug-likeness (QED) is 0.669. The van der Waals surface area contributed by atoms with E-state index >= 15 is 0 Å². The zero-order valence-electron chi connectivity index (χ0n) is 5.55. The summed E-state index contributed by atoms with van der Waals surface area (Å²) < 4.78 is 0. The minimum atomic E-state index is 0.797. The third-order valence-corrected chi connectivity index (χ3v) is 1.45. The highest BCUT2D eigenvalue weighted by Crippen LogP contribution is 1.95. The number of halogens is 1. The number of pyridine rings is 1. The summed E-state index contributed by atoms with van der Waals surface area (Å²) in [6, 6.07) is 3.96. The van der Waals surface area contributed by atoms with Crippen molar-refractivity contribution in [3.05, 3.63) is 30.1 Å². The summed E-state index contributed by atoms with van der Waals surface area (Å²) in [5, 5.41) is 0. The van der Waals surface area contributed by atoms with E-state index in [1.165, 1.54) is 5.56 Å². The molecule has 0 aromatic carbocycles. The molecule has 54 valence electrons. The lowest BCUT2D eigenvalue weighted by atomic mass is 10.2. The van der Waals surface area contributed by atoms with Gasteiger partial charge in [0.2, 0.25) is 0 Å². The Morgan fingerprint density at radius 1 is 1.40 bits per heavy atom. The summed E-state index contributed by atoms with van der Waals surface area (Å²) in [6.07, 6.45) is 4.51. The van der Waals surface area contributed by atoms with Crippen LogP contribution in [-0.4, -0.2) is 11.5 Å². The first kappa shape index (κ1) is 7.51. The van der Waals surface area contributed by atoms with E-state index in [-0.39, 0.29) is 0 Å². The zero-order valence-corrected chi connectivity index (χ0v) is 6.30. The molecule has 0 aliphatic carbocycles. The second-order valence-electron chi connectivity index (χ2n) is 1.99. The van der Waals surface area contributed by atoms with Gasteiger partial charge in [-0.15, -0.1) is 0 Å². The van der Waals surface area contributed by atoms with Crippen LogP contribution in [0.2, 0.25) is 0 Å². The lowest BCUT2D eigenvalue weighted by Gasteiger charge is -1.96. The average molecular weight is 157 g/mol. The third kappa shape index (κ3) is 2.33. The number of aromatic nitrogens is 1. The standard InChI is InChI=1S/C7H9ClN2/c8-10-6-3-7-1-4-9-5-2-7/h1-2,4-5,10H,3,6H2. The van der Waals surface area contributed by atoms with Crippen molar-refractivity contribution in [2.75, 3.05) is 6.54 Å². The Balaban J connectivity index is 2.43. The van der Waals surface area contributed by atoms with Gasteiger partial charge in [0.25, 0.3) is 0 Å². The number of nitrogens with one attached hydrogen (secondary N) is 1. The minimum absolute atomic E-state index is 0.797. The molecule has 0 spiro atoms. The van der Waals surface area contributed by atoms with Crippen LogP contribution in [0.3, 0.4) is 0 Å². The molecule has 0 unspecified atom stereocenters. The van der Waals surface area contributed by atoms with Gasteiger partial charge in [-0.1, -0.05) is 0 Å². The molecule has 1 aromatic rings. The summed E-state index contributed by atoms with van der Waals surface area (Å²) >= 11 is 5.29. The molecule has 0 bridgehead atoms. The van der Waals surface area contributed by atoms with Crippen LogP contribution in [0.1, 0.15) is 5.56 Å². The largest absolute Gasteiger partial charge is 0.265 e. The molecule has 2 nitrogen and oxygen atoms in total. The van der Waals surface area contributed by atoms with Crippen LogP contribution in [0, 0.1) is 0 Å². The molecule has 0 aliphatic heterocycles. The van der Waals surface area contributed by atoms with Crippen LogP contribution < -0.4 is 4.84 Å². The van der Waals surface area contributed by atoms with Gasteiger partial charge >= 0.3 is 0 Å². The third-order valence-electron chi connectivity index (χ3n) is 1.26. The summed E-state index contributed by atoms with van der Waals surface area (Å²) in [7, 11) is 0. The maximum atomic E-state index is 5.29. The van der Waals surface area contributed by atoms with Gasteiger partial charge in [-0.05, 0) is 35.9 Å². The first-order valence-corrected chi connectivity index (χ1v) is 3.53. The fourth-order valence-electron chi connectivity index (χ4n) is 0.741. The van der Waals surface area contributed by atoms with Gasteiger partial charge in [0.15, 0.2) is 0 Å². The molecule has 1 aromatic heterocycles. The molecular weight excluding hydrogens is 148 g/mol. The Labute approximate surface area is 65.3 Å². The molecule has 0 atom stereocenters. The molecule has 10 heavy (non-hydrogen) atoms. The zero-order chi connectivity index (χ0) is 7.23. The van der Waals surface area contributed by atoms with E-state index in [1.54, 1.807) is 12.4 Å². The van der Waals surface area contributed by atoms with E-state index in [2.05, 4.69) is 9.82 Å². The topological polar surface area (TPSA) is 24.9 Å². The highest BCUT2D eigenvalue weighted by Gasteiger charge is 1.88. The molecule has 0 saturated heterocycles. The Kier molecular flexibility index (Phi) is 3.19. The first-order chi connectivity index (χ1) is 4.93. The predicted molar refractivity (Wildman–Crippen MR) is 41.8 cm³/mol. The smallest absolute Gasteiger partial charge is 0.0270 e. The van der Waals surface area contributed by atoms with Crippen LogP contribution >= 0.6 is 11.8 Å². The molecule has 0 amide bonds.